The van der Waals surface area contributed by atoms with E-state index >= 15 is 0 Å². The van der Waals surface area contributed by atoms with Gasteiger partial charge in [-0.2, -0.15) is 8.62 Å². The number of hydrogen-bond donors (Lipinski definition) is 8. The Hall–Kier alpha value is -1.30. The van der Waals surface area contributed by atoms with Gasteiger partial charge in [-0.25, -0.2) is 18.7 Å². The van der Waals surface area contributed by atoms with Gasteiger partial charge in [0.05, 0.1) is 12.9 Å². The Morgan fingerprint density at radius 2 is 1.78 bits per heavy atom. The highest BCUT2D eigenvalue weighted by Crippen LogP contribution is 2.66. The summed E-state index contributed by atoms with van der Waals surface area (Å²) in [4.78, 5) is 56.6. The van der Waals surface area contributed by atoms with Gasteiger partial charge in [-0.15, -0.1) is 0 Å². The third kappa shape index (κ3) is 5.78. The van der Waals surface area contributed by atoms with Crippen LogP contribution in [0.5, 0.6) is 0 Å². The smallest absolute Gasteiger partial charge is 0.387 e. The van der Waals surface area contributed by atoms with Gasteiger partial charge in [0.1, 0.15) is 18.3 Å². The lowest BCUT2D eigenvalue weighted by Crippen LogP contribution is -2.56. The van der Waals surface area contributed by atoms with Crippen molar-refractivity contribution in [3.05, 3.63) is 0 Å². The number of fused-ring (bicyclic) bond motifs is 1. The van der Waals surface area contributed by atoms with Crippen LogP contribution in [0, 0.1) is 0 Å². The Morgan fingerprint density at radius 3 is 2.41 bits per heavy atom. The fraction of sp³-hybridized carbons (Fsp3) is 0.700. The van der Waals surface area contributed by atoms with E-state index in [4.69, 9.17) is 25.2 Å². The molecule has 1 fully saturated rings. The molecule has 3 aliphatic heterocycles. The number of nitrogens with two attached hydrogens (primary N) is 1. The van der Waals surface area contributed by atoms with Gasteiger partial charge in [-0.1, -0.05) is 0 Å². The van der Waals surface area contributed by atoms with E-state index in [0.717, 1.165) is 6.34 Å². The summed E-state index contributed by atoms with van der Waals surface area (Å²) in [6, 6.07) is -1.01. The molecule has 0 aromatic carbocycles. The lowest BCUT2D eigenvalue weighted by atomic mass is 10.1. The van der Waals surface area contributed by atoms with E-state index < -0.39 is 72.7 Å². The maximum atomic E-state index is 11.9. The Morgan fingerprint density at radius 1 is 1.12 bits per heavy atom. The highest BCUT2D eigenvalue weighted by atomic mass is 31.3. The first-order chi connectivity index (χ1) is 14.6. The first-order valence-corrected chi connectivity index (χ1v) is 12.9. The average Bonchev–Trinajstić information content (AvgIpc) is 3.12. The number of hydrogen-bond acceptors (Lipinski definition) is 14. The third-order valence-corrected chi connectivity index (χ3v) is 7.99. The lowest BCUT2D eigenvalue weighted by Gasteiger charge is -2.32. The molecule has 8 atom stereocenters. The standard InChI is InChI=1S/C10H18N5O14P3/c11-10-13-7-4(8(18)14-10)12-2-15(7)9-6(17)5(16)3(27-9)1-26-31(22,23)29-32(24,25)28-30(19,20)21/h2-7,9,16-17H,1H2,(H,22,23)(H,24,25)(H2,19,20,21)(H3,11,13,14,18)/t3-,4-,5-,6-,7-,9-/m1/s1. The van der Waals surface area contributed by atoms with Crippen molar-refractivity contribution < 1.29 is 66.2 Å². The quantitative estimate of drug-likeness (QED) is 0.141. The molecule has 9 N–H and O–H groups in total. The van der Waals surface area contributed by atoms with Gasteiger partial charge in [-0.3, -0.25) is 19.6 Å². The first-order valence-electron chi connectivity index (χ1n) is 8.33. The lowest BCUT2D eigenvalue weighted by molar-refractivity contribution is -0.124. The molecule has 32 heavy (non-hydrogen) atoms. The first kappa shape index (κ1) is 25.3. The zero-order valence-corrected chi connectivity index (χ0v) is 18.1. The highest BCUT2D eigenvalue weighted by Gasteiger charge is 2.52. The van der Waals surface area contributed by atoms with E-state index in [9.17, 15) is 33.6 Å². The van der Waals surface area contributed by atoms with Gasteiger partial charge >= 0.3 is 23.5 Å². The maximum absolute atomic E-state index is 11.9. The molecule has 182 valence electrons. The van der Waals surface area contributed by atoms with Gasteiger partial charge in [0.15, 0.2) is 24.4 Å². The minimum atomic E-state index is -5.73. The molecule has 0 saturated carbocycles. The molecule has 1 amide bonds. The Balaban J connectivity index is 1.63. The van der Waals surface area contributed by atoms with Crippen LogP contribution in [0.15, 0.2) is 9.98 Å². The van der Waals surface area contributed by atoms with Gasteiger partial charge in [-0.05, 0) is 0 Å². The van der Waals surface area contributed by atoms with Crippen LogP contribution in [0.1, 0.15) is 0 Å². The molecule has 3 heterocycles. The topological polar surface area (TPSA) is 293 Å². The van der Waals surface area contributed by atoms with E-state index in [1.165, 1.54) is 4.90 Å². The van der Waals surface area contributed by atoms with E-state index in [-0.39, 0.29) is 5.96 Å². The fourth-order valence-electron chi connectivity index (χ4n) is 2.97. The highest BCUT2D eigenvalue weighted by molar-refractivity contribution is 7.66. The molecule has 0 aromatic rings. The number of phosphoric ester groups is 1. The van der Waals surface area contributed by atoms with Crippen molar-refractivity contribution >= 4 is 41.7 Å². The molecule has 22 heteroatoms. The second kappa shape index (κ2) is 8.81. The molecule has 0 aliphatic carbocycles. The zero-order valence-electron chi connectivity index (χ0n) is 15.5. The van der Waals surface area contributed by atoms with Crippen LogP contribution < -0.4 is 11.1 Å². The number of aliphatic hydroxyl groups excluding tert-OH is 2. The Labute approximate surface area is 177 Å². The minimum Gasteiger partial charge on any atom is -0.387 e. The van der Waals surface area contributed by atoms with Gasteiger partial charge < -0.3 is 45.2 Å². The fourth-order valence-corrected chi connectivity index (χ4v) is 6.00. The zero-order chi connectivity index (χ0) is 24.1. The number of guanidine groups is 1. The monoisotopic (exact) mass is 525 g/mol. The van der Waals surface area contributed by atoms with E-state index in [1.54, 1.807) is 0 Å². The van der Waals surface area contributed by atoms with E-state index in [2.05, 4.69) is 28.4 Å². The van der Waals surface area contributed by atoms with Crippen molar-refractivity contribution in [3.8, 4) is 0 Å². The van der Waals surface area contributed by atoms with Crippen molar-refractivity contribution in [2.45, 2.75) is 36.7 Å². The summed E-state index contributed by atoms with van der Waals surface area (Å²) in [6.45, 7) is -0.997. The van der Waals surface area contributed by atoms with Crippen LogP contribution in [0.4, 0.5) is 0 Å². The summed E-state index contributed by atoms with van der Waals surface area (Å²) in [5.74, 6) is -0.789. The number of phosphoric acid groups is 3. The van der Waals surface area contributed by atoms with Crippen molar-refractivity contribution in [1.82, 2.24) is 10.2 Å². The molecule has 2 unspecified atom stereocenters. The van der Waals surface area contributed by atoms with Crippen LogP contribution in [0.2, 0.25) is 0 Å². The summed E-state index contributed by atoms with van der Waals surface area (Å²) in [5, 5.41) is 22.7. The normalized spacial score (nSPS) is 36.2. The second-order valence-electron chi connectivity index (χ2n) is 6.51. The van der Waals surface area contributed by atoms with Gasteiger partial charge in [0, 0.05) is 0 Å². The summed E-state index contributed by atoms with van der Waals surface area (Å²) in [5.41, 5.74) is 5.50. The number of ether oxygens (including phenoxy) is 1. The number of aliphatic hydroxyl groups is 2. The molecular weight excluding hydrogens is 507 g/mol. The predicted octanol–water partition coefficient (Wildman–Crippen LogP) is -3.74. The van der Waals surface area contributed by atoms with Crippen LogP contribution in [0.25, 0.3) is 0 Å². The van der Waals surface area contributed by atoms with Crippen molar-refractivity contribution in [1.29, 1.82) is 0 Å². The van der Waals surface area contributed by atoms with Crippen molar-refractivity contribution in [2.24, 2.45) is 15.7 Å². The van der Waals surface area contributed by atoms with E-state index in [1.807, 2.05) is 0 Å². The number of carbonyl (C=O) groups is 1. The minimum absolute atomic E-state index is 0.219. The summed E-state index contributed by atoms with van der Waals surface area (Å²) in [6.07, 6.45) is -6.13. The second-order valence-corrected chi connectivity index (χ2v) is 10.9. The molecule has 19 nitrogen and oxygen atoms in total. The largest absolute Gasteiger partial charge is 0.490 e. The predicted molar refractivity (Wildman–Crippen MR) is 98.2 cm³/mol. The molecular formula is C10H18N5O14P3. The van der Waals surface area contributed by atoms with Crippen LogP contribution in [-0.2, 0) is 36.4 Å². The summed E-state index contributed by atoms with van der Waals surface area (Å²) < 4.78 is 50.6. The molecule has 3 rings (SSSR count). The molecule has 0 bridgehead atoms. The number of nitrogens with zero attached hydrogens (tertiary/aromatic N) is 3. The number of aliphatic imine (C=N–C) groups is 2. The molecule has 0 aromatic heterocycles. The SMILES string of the molecule is NC1=N[C@H]2[C@@H](N=CN2[C@@H]2O[C@H](COP(=O)(O)OP(=O)(O)OP(=O)(O)O)[C@@H](O)[C@H]2O)C(=O)N1. The average molecular weight is 525 g/mol. The maximum Gasteiger partial charge on any atom is 0.490 e. The number of nitrogens with one attached hydrogen (secondary N) is 1. The number of carbonyl (C=O) groups excluding carboxylic acids is 1. The van der Waals surface area contributed by atoms with Gasteiger partial charge in [0.2, 0.25) is 0 Å². The number of amides is 1. The molecule has 3 aliphatic rings. The number of rotatable bonds is 8. The molecule has 0 radical (unpaired) electrons. The van der Waals surface area contributed by atoms with Gasteiger partial charge in [0.25, 0.3) is 5.91 Å². The van der Waals surface area contributed by atoms with Crippen molar-refractivity contribution in [2.75, 3.05) is 6.61 Å². The van der Waals surface area contributed by atoms with Crippen LogP contribution in [-0.4, -0.2) is 96.2 Å². The van der Waals surface area contributed by atoms with E-state index in [0.29, 0.717) is 0 Å². The molecule has 1 saturated heterocycles. The van der Waals surface area contributed by atoms with Crippen LogP contribution >= 0.6 is 23.5 Å². The summed E-state index contributed by atoms with van der Waals surface area (Å²) >= 11 is 0. The summed E-state index contributed by atoms with van der Waals surface area (Å²) in [7, 11) is -16.8. The third-order valence-electron chi connectivity index (χ3n) is 4.19. The Bertz CT molecular complexity index is 969. The van der Waals surface area contributed by atoms with Crippen LogP contribution in [0.3, 0.4) is 0 Å². The molecule has 0 spiro atoms. The van der Waals surface area contributed by atoms with Crippen molar-refractivity contribution in [3.63, 3.8) is 0 Å². The Kier molecular flexibility index (Phi) is 6.97.